The van der Waals surface area contributed by atoms with Crippen LogP contribution in [0.15, 0.2) is 41.3 Å². The van der Waals surface area contributed by atoms with E-state index in [1.807, 2.05) is 19.9 Å². The summed E-state index contributed by atoms with van der Waals surface area (Å²) >= 11 is 0. The second-order valence-electron chi connectivity index (χ2n) is 6.31. The summed E-state index contributed by atoms with van der Waals surface area (Å²) in [6, 6.07) is 9.44. The van der Waals surface area contributed by atoms with Crippen molar-refractivity contribution in [1.29, 1.82) is 0 Å². The molecule has 0 spiro atoms. The predicted molar refractivity (Wildman–Crippen MR) is 99.6 cm³/mol. The highest BCUT2D eigenvalue weighted by molar-refractivity contribution is 7.92. The molecule has 0 unspecified atom stereocenters. The first-order valence-corrected chi connectivity index (χ1v) is 9.51. The minimum absolute atomic E-state index is 0.0152. The molecule has 26 heavy (non-hydrogen) atoms. The van der Waals surface area contributed by atoms with Gasteiger partial charge in [-0.2, -0.15) is 0 Å². The van der Waals surface area contributed by atoms with E-state index in [0.717, 1.165) is 11.1 Å². The summed E-state index contributed by atoms with van der Waals surface area (Å²) in [5.74, 6) is -1.79. The summed E-state index contributed by atoms with van der Waals surface area (Å²) in [5, 5.41) is 5.19. The summed E-state index contributed by atoms with van der Waals surface area (Å²) in [5.41, 5.74) is 3.09. The third-order valence-corrected chi connectivity index (χ3v) is 5.74. The minimum atomic E-state index is -3.85. The van der Waals surface area contributed by atoms with Crippen molar-refractivity contribution in [3.63, 3.8) is 0 Å². The van der Waals surface area contributed by atoms with Gasteiger partial charge in [0.05, 0.1) is 16.3 Å². The third-order valence-electron chi connectivity index (χ3n) is 4.36. The average molecular weight is 373 g/mol. The standard InChI is InChI=1S/C18H19N3O4S/c1-10-4-5-13(8-11(10)2)21-26(24,25)14-6-7-15-16(9-14)20-18(23)12(3)17(22)19-15/h4-9,12,21H,1-3H3,(H,19,22)(H,20,23)/t12-/m1/s1. The molecule has 7 nitrogen and oxygen atoms in total. The second kappa shape index (κ2) is 6.45. The fraction of sp³-hybridized carbons (Fsp3) is 0.222. The van der Waals surface area contributed by atoms with Crippen molar-refractivity contribution in [3.8, 4) is 0 Å². The molecule has 0 aliphatic carbocycles. The molecule has 1 atom stereocenters. The Bertz CT molecular complexity index is 1020. The highest BCUT2D eigenvalue weighted by atomic mass is 32.2. The van der Waals surface area contributed by atoms with Crippen LogP contribution in [0, 0.1) is 19.8 Å². The van der Waals surface area contributed by atoms with Crippen LogP contribution in [-0.4, -0.2) is 20.2 Å². The van der Waals surface area contributed by atoms with E-state index in [4.69, 9.17) is 0 Å². The number of sulfonamides is 1. The number of amides is 2. The molecule has 0 bridgehead atoms. The van der Waals surface area contributed by atoms with Crippen LogP contribution >= 0.6 is 0 Å². The summed E-state index contributed by atoms with van der Waals surface area (Å²) in [6.45, 7) is 5.32. The molecule has 2 aromatic rings. The summed E-state index contributed by atoms with van der Waals surface area (Å²) in [4.78, 5) is 23.8. The molecule has 3 rings (SSSR count). The van der Waals surface area contributed by atoms with E-state index in [1.54, 1.807) is 12.1 Å². The van der Waals surface area contributed by atoms with Crippen LogP contribution < -0.4 is 15.4 Å². The number of anilines is 3. The van der Waals surface area contributed by atoms with Crippen LogP contribution in [0.4, 0.5) is 17.1 Å². The van der Waals surface area contributed by atoms with Gasteiger partial charge in [0.1, 0.15) is 5.92 Å². The lowest BCUT2D eigenvalue weighted by Gasteiger charge is -2.12. The van der Waals surface area contributed by atoms with Crippen molar-refractivity contribution in [2.24, 2.45) is 5.92 Å². The molecule has 0 fully saturated rings. The highest BCUT2D eigenvalue weighted by Gasteiger charge is 2.27. The van der Waals surface area contributed by atoms with E-state index in [2.05, 4.69) is 15.4 Å². The maximum Gasteiger partial charge on any atom is 0.261 e. The molecular weight excluding hydrogens is 354 g/mol. The predicted octanol–water partition coefficient (Wildman–Crippen LogP) is 2.63. The Hall–Kier alpha value is -2.87. The zero-order chi connectivity index (χ0) is 19.1. The fourth-order valence-electron chi connectivity index (χ4n) is 2.52. The maximum atomic E-state index is 12.7. The molecule has 0 saturated heterocycles. The van der Waals surface area contributed by atoms with E-state index in [9.17, 15) is 18.0 Å². The largest absolute Gasteiger partial charge is 0.324 e. The second-order valence-corrected chi connectivity index (χ2v) is 7.99. The quantitative estimate of drug-likeness (QED) is 0.719. The normalized spacial score (nSPS) is 17.0. The van der Waals surface area contributed by atoms with E-state index < -0.39 is 27.8 Å². The fourth-order valence-corrected chi connectivity index (χ4v) is 3.60. The Morgan fingerprint density at radius 1 is 0.885 bits per heavy atom. The monoisotopic (exact) mass is 373 g/mol. The Morgan fingerprint density at radius 2 is 1.54 bits per heavy atom. The number of rotatable bonds is 3. The Morgan fingerprint density at radius 3 is 2.19 bits per heavy atom. The number of benzene rings is 2. The number of fused-ring (bicyclic) bond motifs is 1. The number of hydrogen-bond acceptors (Lipinski definition) is 4. The van der Waals surface area contributed by atoms with Gasteiger partial charge in [-0.05, 0) is 62.2 Å². The molecule has 2 amide bonds. The first-order chi connectivity index (χ1) is 12.2. The molecule has 1 heterocycles. The van der Waals surface area contributed by atoms with Gasteiger partial charge in [0, 0.05) is 5.69 Å². The van der Waals surface area contributed by atoms with Gasteiger partial charge in [-0.15, -0.1) is 0 Å². The van der Waals surface area contributed by atoms with Crippen molar-refractivity contribution >= 4 is 38.9 Å². The Labute approximate surface area is 151 Å². The van der Waals surface area contributed by atoms with E-state index in [-0.39, 0.29) is 10.6 Å². The van der Waals surface area contributed by atoms with Crippen molar-refractivity contribution in [3.05, 3.63) is 47.5 Å². The van der Waals surface area contributed by atoms with E-state index in [0.29, 0.717) is 11.4 Å². The van der Waals surface area contributed by atoms with Crippen LogP contribution in [0.1, 0.15) is 18.1 Å². The Kier molecular flexibility index (Phi) is 4.45. The van der Waals surface area contributed by atoms with Gasteiger partial charge in [0.15, 0.2) is 0 Å². The highest BCUT2D eigenvalue weighted by Crippen LogP contribution is 2.29. The summed E-state index contributed by atoms with van der Waals surface area (Å²) in [7, 11) is -3.85. The molecular formula is C18H19N3O4S. The summed E-state index contributed by atoms with van der Waals surface area (Å²) in [6.07, 6.45) is 0. The maximum absolute atomic E-state index is 12.7. The first kappa shape index (κ1) is 17.9. The number of aryl methyl sites for hydroxylation is 2. The van der Waals surface area contributed by atoms with Crippen LogP contribution in [0.5, 0.6) is 0 Å². The number of hydrogen-bond donors (Lipinski definition) is 3. The van der Waals surface area contributed by atoms with E-state index >= 15 is 0 Å². The minimum Gasteiger partial charge on any atom is -0.324 e. The van der Waals surface area contributed by atoms with Crippen LogP contribution in [0.3, 0.4) is 0 Å². The van der Waals surface area contributed by atoms with Crippen LogP contribution in [-0.2, 0) is 19.6 Å². The number of nitrogens with one attached hydrogen (secondary N) is 3. The molecule has 136 valence electrons. The smallest absolute Gasteiger partial charge is 0.261 e. The lowest BCUT2D eigenvalue weighted by Crippen LogP contribution is -2.28. The number of carbonyl (C=O) groups excluding carboxylic acids is 2. The van der Waals surface area contributed by atoms with Crippen LogP contribution in [0.2, 0.25) is 0 Å². The van der Waals surface area contributed by atoms with Gasteiger partial charge < -0.3 is 10.6 Å². The van der Waals surface area contributed by atoms with Gasteiger partial charge in [-0.3, -0.25) is 14.3 Å². The van der Waals surface area contributed by atoms with Crippen molar-refractivity contribution in [1.82, 2.24) is 0 Å². The Balaban J connectivity index is 1.94. The zero-order valence-electron chi connectivity index (χ0n) is 14.6. The molecule has 3 N–H and O–H groups in total. The topological polar surface area (TPSA) is 104 Å². The van der Waals surface area contributed by atoms with Crippen molar-refractivity contribution < 1.29 is 18.0 Å². The van der Waals surface area contributed by atoms with Crippen LogP contribution in [0.25, 0.3) is 0 Å². The molecule has 0 radical (unpaired) electrons. The third kappa shape index (κ3) is 3.41. The van der Waals surface area contributed by atoms with E-state index in [1.165, 1.54) is 25.1 Å². The molecule has 1 aliphatic rings. The molecule has 8 heteroatoms. The lowest BCUT2D eigenvalue weighted by atomic mass is 10.1. The van der Waals surface area contributed by atoms with Gasteiger partial charge in [-0.1, -0.05) is 6.07 Å². The lowest BCUT2D eigenvalue weighted by molar-refractivity contribution is -0.128. The molecule has 2 aromatic carbocycles. The SMILES string of the molecule is Cc1ccc(NS(=O)(=O)c2ccc3c(c2)NC(=O)[C@H](C)C(=O)N3)cc1C. The van der Waals surface area contributed by atoms with Crippen molar-refractivity contribution in [2.45, 2.75) is 25.7 Å². The molecule has 0 saturated carbocycles. The molecule has 1 aliphatic heterocycles. The summed E-state index contributed by atoms with van der Waals surface area (Å²) < 4.78 is 27.9. The first-order valence-electron chi connectivity index (χ1n) is 8.03. The average Bonchev–Trinajstić information content (AvgIpc) is 2.68. The number of carbonyl (C=O) groups is 2. The zero-order valence-corrected chi connectivity index (χ0v) is 15.4. The van der Waals surface area contributed by atoms with Gasteiger partial charge in [0.2, 0.25) is 11.8 Å². The molecule has 0 aromatic heterocycles. The van der Waals surface area contributed by atoms with Gasteiger partial charge in [-0.25, -0.2) is 8.42 Å². The van der Waals surface area contributed by atoms with Crippen molar-refractivity contribution in [2.75, 3.05) is 15.4 Å². The van der Waals surface area contributed by atoms with Gasteiger partial charge >= 0.3 is 0 Å². The van der Waals surface area contributed by atoms with Gasteiger partial charge in [0.25, 0.3) is 10.0 Å².